The lowest BCUT2D eigenvalue weighted by molar-refractivity contribution is 0.0247. The summed E-state index contributed by atoms with van der Waals surface area (Å²) in [6, 6.07) is 10.8. The van der Waals surface area contributed by atoms with Gasteiger partial charge in [-0.25, -0.2) is 9.37 Å². The van der Waals surface area contributed by atoms with Gasteiger partial charge in [0.2, 0.25) is 0 Å². The molecule has 38 heavy (non-hydrogen) atoms. The fourth-order valence-electron chi connectivity index (χ4n) is 4.70. The first-order chi connectivity index (χ1) is 18.4. The van der Waals surface area contributed by atoms with E-state index in [1.807, 2.05) is 19.1 Å². The standard InChI is InChI=1S/C27H29ClFN5O4/c1-15-9-17(34-7-8-38-18(12-29)14-34)11-21-25(15)33-26(32-21)24-20(5-6-30-27(24)36)31-13-22(35)16-3-4-23(37-2)19(28)10-16/h3-6,9-11,18,22,35H,7-8,12-14H2,1-2H3,(H,32,33)(H2,30,31,36)/t18-,22+/m1/s1. The average molecular weight is 542 g/mol. The van der Waals surface area contributed by atoms with Crippen LogP contribution in [0.1, 0.15) is 17.2 Å². The molecule has 1 saturated heterocycles. The zero-order valence-corrected chi connectivity index (χ0v) is 21.8. The van der Waals surface area contributed by atoms with Crippen LogP contribution in [0.3, 0.4) is 0 Å². The Morgan fingerprint density at radius 1 is 1.34 bits per heavy atom. The number of methoxy groups -OCH3 is 1. The molecule has 0 saturated carbocycles. The van der Waals surface area contributed by atoms with Crippen molar-refractivity contribution >= 4 is 34.0 Å². The van der Waals surface area contributed by atoms with Crippen molar-refractivity contribution in [3.8, 4) is 17.1 Å². The number of fused-ring (bicyclic) bond motifs is 1. The summed E-state index contributed by atoms with van der Waals surface area (Å²) in [6.07, 6.45) is 0.210. The highest BCUT2D eigenvalue weighted by molar-refractivity contribution is 6.32. The van der Waals surface area contributed by atoms with Gasteiger partial charge < -0.3 is 34.8 Å². The predicted octanol–water partition coefficient (Wildman–Crippen LogP) is 4.21. The number of rotatable bonds is 8. The molecule has 0 radical (unpaired) electrons. The lowest BCUT2D eigenvalue weighted by Gasteiger charge is -2.33. The van der Waals surface area contributed by atoms with Gasteiger partial charge in [-0.1, -0.05) is 17.7 Å². The largest absolute Gasteiger partial charge is 0.495 e. The highest BCUT2D eigenvalue weighted by atomic mass is 35.5. The molecule has 0 aliphatic carbocycles. The lowest BCUT2D eigenvalue weighted by Crippen LogP contribution is -2.43. The van der Waals surface area contributed by atoms with Crippen molar-refractivity contribution in [3.63, 3.8) is 0 Å². The Kier molecular flexibility index (Phi) is 7.55. The van der Waals surface area contributed by atoms with Crippen LogP contribution >= 0.6 is 11.6 Å². The van der Waals surface area contributed by atoms with Crippen LogP contribution in [0.4, 0.5) is 15.8 Å². The number of aromatic amines is 2. The number of H-pyrrole nitrogens is 2. The maximum Gasteiger partial charge on any atom is 0.261 e. The summed E-state index contributed by atoms with van der Waals surface area (Å²) >= 11 is 6.20. The zero-order valence-electron chi connectivity index (χ0n) is 21.1. The summed E-state index contributed by atoms with van der Waals surface area (Å²) in [5.74, 6) is 0.918. The molecule has 9 nitrogen and oxygen atoms in total. The number of ether oxygens (including phenoxy) is 2. The SMILES string of the molecule is COc1ccc([C@@H](O)CNc2cc[nH]c(=O)c2-c2nc3c(C)cc(N4CCO[C@H](CF)C4)cc3[nH]2)cc1Cl. The number of benzene rings is 2. The van der Waals surface area contributed by atoms with E-state index >= 15 is 0 Å². The van der Waals surface area contributed by atoms with Crippen molar-refractivity contribution < 1.29 is 19.0 Å². The second kappa shape index (κ2) is 11.0. The van der Waals surface area contributed by atoms with E-state index < -0.39 is 18.9 Å². The summed E-state index contributed by atoms with van der Waals surface area (Å²) in [4.78, 5) is 25.7. The van der Waals surface area contributed by atoms with E-state index in [1.165, 1.54) is 13.3 Å². The molecule has 5 rings (SSSR count). The van der Waals surface area contributed by atoms with Crippen LogP contribution in [0, 0.1) is 6.92 Å². The molecule has 2 aromatic carbocycles. The number of anilines is 2. The maximum atomic E-state index is 13.2. The number of halogens is 2. The first kappa shape index (κ1) is 26.0. The Morgan fingerprint density at radius 2 is 2.18 bits per heavy atom. The predicted molar refractivity (Wildman–Crippen MR) is 146 cm³/mol. The molecular weight excluding hydrogens is 513 g/mol. The minimum Gasteiger partial charge on any atom is -0.495 e. The summed E-state index contributed by atoms with van der Waals surface area (Å²) < 4.78 is 23.8. The Morgan fingerprint density at radius 3 is 2.95 bits per heavy atom. The van der Waals surface area contributed by atoms with Gasteiger partial charge in [0, 0.05) is 31.5 Å². The third-order valence-corrected chi connectivity index (χ3v) is 6.98. The summed E-state index contributed by atoms with van der Waals surface area (Å²) in [7, 11) is 1.53. The Labute approximate surface area is 223 Å². The van der Waals surface area contributed by atoms with Crippen LogP contribution in [-0.2, 0) is 4.74 Å². The number of aryl methyl sites for hydroxylation is 1. The number of aliphatic hydroxyl groups is 1. The van der Waals surface area contributed by atoms with Crippen molar-refractivity contribution in [1.82, 2.24) is 15.0 Å². The average Bonchev–Trinajstić information content (AvgIpc) is 3.36. The molecule has 0 bridgehead atoms. The molecule has 3 heterocycles. The molecule has 0 unspecified atom stereocenters. The monoisotopic (exact) mass is 541 g/mol. The van der Waals surface area contributed by atoms with E-state index in [2.05, 4.69) is 20.2 Å². The Hall–Kier alpha value is -3.60. The Bertz CT molecular complexity index is 1510. The first-order valence-corrected chi connectivity index (χ1v) is 12.7. The van der Waals surface area contributed by atoms with Crippen LogP contribution in [0.5, 0.6) is 5.75 Å². The number of hydrogen-bond donors (Lipinski definition) is 4. The normalized spacial score (nSPS) is 16.6. The van der Waals surface area contributed by atoms with E-state index in [0.29, 0.717) is 53.1 Å². The zero-order chi connectivity index (χ0) is 26.8. The van der Waals surface area contributed by atoms with E-state index in [-0.39, 0.29) is 12.1 Å². The van der Waals surface area contributed by atoms with Gasteiger partial charge in [0.1, 0.15) is 29.9 Å². The minimum atomic E-state index is -0.882. The number of hydrogen-bond acceptors (Lipinski definition) is 7. The molecule has 0 amide bonds. The van der Waals surface area contributed by atoms with Gasteiger partial charge >= 0.3 is 0 Å². The minimum absolute atomic E-state index is 0.134. The number of nitrogens with zero attached hydrogens (tertiary/aromatic N) is 2. The quantitative estimate of drug-likeness (QED) is 0.264. The number of nitrogens with one attached hydrogen (secondary N) is 3. The highest BCUT2D eigenvalue weighted by Gasteiger charge is 2.22. The molecule has 2 atom stereocenters. The third kappa shape index (κ3) is 5.20. The number of imidazole rings is 1. The van der Waals surface area contributed by atoms with Crippen molar-refractivity contribution in [1.29, 1.82) is 0 Å². The number of aromatic nitrogens is 3. The van der Waals surface area contributed by atoms with Crippen LogP contribution in [0.2, 0.25) is 5.02 Å². The van der Waals surface area contributed by atoms with Crippen molar-refractivity contribution in [3.05, 3.63) is 69.1 Å². The van der Waals surface area contributed by atoms with Gasteiger partial charge in [-0.3, -0.25) is 4.79 Å². The van der Waals surface area contributed by atoms with Gasteiger partial charge in [0.25, 0.3) is 5.56 Å². The third-order valence-electron chi connectivity index (χ3n) is 6.68. The molecule has 200 valence electrons. The molecular formula is C27H29ClFN5O4. The second-order valence-electron chi connectivity index (χ2n) is 9.22. The van der Waals surface area contributed by atoms with E-state index in [9.17, 15) is 14.3 Å². The molecule has 1 aliphatic heterocycles. The number of alkyl halides is 1. The smallest absolute Gasteiger partial charge is 0.261 e. The van der Waals surface area contributed by atoms with E-state index in [1.54, 1.807) is 24.3 Å². The maximum absolute atomic E-state index is 13.2. The fourth-order valence-corrected chi connectivity index (χ4v) is 4.96. The van der Waals surface area contributed by atoms with Crippen molar-refractivity contribution in [2.45, 2.75) is 19.1 Å². The highest BCUT2D eigenvalue weighted by Crippen LogP contribution is 2.31. The van der Waals surface area contributed by atoms with Crippen molar-refractivity contribution in [2.24, 2.45) is 0 Å². The number of morpholine rings is 1. The van der Waals surface area contributed by atoms with Crippen LogP contribution < -0.4 is 20.5 Å². The van der Waals surface area contributed by atoms with Gasteiger partial charge in [0.05, 0.1) is 41.6 Å². The molecule has 11 heteroatoms. The Balaban J connectivity index is 1.42. The molecule has 4 N–H and O–H groups in total. The van der Waals surface area contributed by atoms with Crippen LogP contribution in [0.15, 0.2) is 47.4 Å². The fraction of sp³-hybridized carbons (Fsp3) is 0.333. The van der Waals surface area contributed by atoms with E-state index in [0.717, 1.165) is 22.3 Å². The topological polar surface area (TPSA) is 116 Å². The van der Waals surface area contributed by atoms with Crippen molar-refractivity contribution in [2.75, 3.05) is 50.2 Å². The van der Waals surface area contributed by atoms with Crippen LogP contribution in [0.25, 0.3) is 22.4 Å². The number of aliphatic hydroxyl groups excluding tert-OH is 1. The molecule has 2 aromatic heterocycles. The van der Waals surface area contributed by atoms with Gasteiger partial charge in [-0.2, -0.15) is 0 Å². The summed E-state index contributed by atoms with van der Waals surface area (Å²) in [6.45, 7) is 3.15. The molecule has 1 fully saturated rings. The number of pyridine rings is 1. The molecule has 4 aromatic rings. The second-order valence-corrected chi connectivity index (χ2v) is 9.63. The lowest BCUT2D eigenvalue weighted by atomic mass is 10.1. The summed E-state index contributed by atoms with van der Waals surface area (Å²) in [5, 5.41) is 14.3. The van der Waals surface area contributed by atoms with Gasteiger partial charge in [0.15, 0.2) is 0 Å². The van der Waals surface area contributed by atoms with Gasteiger partial charge in [-0.05, 0) is 48.4 Å². The summed E-state index contributed by atoms with van der Waals surface area (Å²) in [5.41, 5.74) is 4.50. The van der Waals surface area contributed by atoms with Crippen LogP contribution in [-0.4, -0.2) is 66.2 Å². The first-order valence-electron chi connectivity index (χ1n) is 12.3. The molecule has 0 spiro atoms. The van der Waals surface area contributed by atoms with Gasteiger partial charge in [-0.15, -0.1) is 0 Å². The van der Waals surface area contributed by atoms with E-state index in [4.69, 9.17) is 26.1 Å². The molecule has 1 aliphatic rings.